The lowest BCUT2D eigenvalue weighted by Crippen LogP contribution is -2.51. The first-order valence-corrected chi connectivity index (χ1v) is 12.4. The molecular weight excluding hydrogens is 438 g/mol. The summed E-state index contributed by atoms with van der Waals surface area (Å²) in [5.41, 5.74) is 10.8. The summed E-state index contributed by atoms with van der Waals surface area (Å²) in [6.45, 7) is 8.90. The number of aromatic nitrogens is 2. The van der Waals surface area contributed by atoms with Crippen LogP contribution in [0.25, 0.3) is 10.9 Å². The second-order valence-electron chi connectivity index (χ2n) is 10.6. The van der Waals surface area contributed by atoms with Crippen LogP contribution in [0.15, 0.2) is 36.4 Å². The van der Waals surface area contributed by atoms with Gasteiger partial charge in [-0.3, -0.25) is 4.90 Å². The lowest BCUT2D eigenvalue weighted by Gasteiger charge is -2.43. The number of hydrogen-bond acceptors (Lipinski definition) is 8. The summed E-state index contributed by atoms with van der Waals surface area (Å²) in [6.07, 6.45) is 1.97. The van der Waals surface area contributed by atoms with Gasteiger partial charge in [0.2, 0.25) is 5.88 Å². The van der Waals surface area contributed by atoms with E-state index in [0.717, 1.165) is 62.5 Å². The van der Waals surface area contributed by atoms with Gasteiger partial charge in [0.15, 0.2) is 0 Å². The second kappa shape index (κ2) is 8.08. The van der Waals surface area contributed by atoms with E-state index in [9.17, 15) is 10.4 Å². The van der Waals surface area contributed by atoms with Crippen molar-refractivity contribution in [1.29, 1.82) is 5.26 Å². The maximum absolute atomic E-state index is 9.91. The average Bonchev–Trinajstić information content (AvgIpc) is 3.21. The van der Waals surface area contributed by atoms with E-state index < -0.39 is 0 Å². The zero-order chi connectivity index (χ0) is 24.3. The summed E-state index contributed by atoms with van der Waals surface area (Å²) < 4.78 is 0. The van der Waals surface area contributed by atoms with Crippen molar-refractivity contribution in [2.45, 2.75) is 50.9 Å². The van der Waals surface area contributed by atoms with Crippen molar-refractivity contribution in [1.82, 2.24) is 14.9 Å². The molecule has 0 amide bonds. The van der Waals surface area contributed by atoms with E-state index in [2.05, 4.69) is 51.7 Å². The Hall–Kier alpha value is -3.41. The zero-order valence-corrected chi connectivity index (χ0v) is 20.3. The summed E-state index contributed by atoms with van der Waals surface area (Å²) in [4.78, 5) is 16.7. The Balaban J connectivity index is 1.30. The molecule has 6 rings (SSSR count). The molecule has 2 aromatic heterocycles. The van der Waals surface area contributed by atoms with Crippen molar-refractivity contribution in [3.8, 4) is 11.9 Å². The Morgan fingerprint density at radius 2 is 1.86 bits per heavy atom. The number of pyridine rings is 2. The molecule has 0 bridgehead atoms. The van der Waals surface area contributed by atoms with E-state index in [0.29, 0.717) is 17.1 Å². The van der Waals surface area contributed by atoms with Gasteiger partial charge in [-0.1, -0.05) is 6.07 Å². The molecule has 3 N–H and O–H groups in total. The minimum atomic E-state index is -0.0728. The van der Waals surface area contributed by atoms with Crippen LogP contribution in [0.2, 0.25) is 0 Å². The third-order valence-electron chi connectivity index (χ3n) is 8.04. The number of nitrogens with zero attached hydrogens (tertiary/aromatic N) is 6. The fourth-order valence-electron chi connectivity index (χ4n) is 5.94. The van der Waals surface area contributed by atoms with E-state index in [4.69, 9.17) is 10.7 Å². The predicted octanol–water partition coefficient (Wildman–Crippen LogP) is 3.29. The van der Waals surface area contributed by atoms with Crippen molar-refractivity contribution in [2.24, 2.45) is 5.73 Å². The highest BCUT2D eigenvalue weighted by Gasteiger charge is 2.40. The highest BCUT2D eigenvalue weighted by molar-refractivity contribution is 5.95. The number of piperidine rings is 1. The lowest BCUT2D eigenvalue weighted by atomic mass is 9.91. The largest absolute Gasteiger partial charge is 0.493 e. The van der Waals surface area contributed by atoms with Gasteiger partial charge in [0, 0.05) is 61.4 Å². The van der Waals surface area contributed by atoms with Gasteiger partial charge in [-0.25, -0.2) is 9.97 Å². The quantitative estimate of drug-likeness (QED) is 0.589. The summed E-state index contributed by atoms with van der Waals surface area (Å²) in [7, 11) is 0. The predicted molar refractivity (Wildman–Crippen MR) is 136 cm³/mol. The summed E-state index contributed by atoms with van der Waals surface area (Å²) >= 11 is 0. The molecule has 5 heterocycles. The first-order chi connectivity index (χ1) is 16.8. The van der Waals surface area contributed by atoms with E-state index in [1.54, 1.807) is 6.07 Å². The van der Waals surface area contributed by atoms with Crippen LogP contribution < -0.4 is 15.5 Å². The fraction of sp³-hybridized carbons (Fsp3) is 0.444. The van der Waals surface area contributed by atoms with E-state index in [-0.39, 0.29) is 17.5 Å². The molecule has 35 heavy (non-hydrogen) atoms. The van der Waals surface area contributed by atoms with Crippen molar-refractivity contribution in [3.63, 3.8) is 0 Å². The Morgan fingerprint density at radius 1 is 1.06 bits per heavy atom. The number of aromatic hydroxyl groups is 1. The van der Waals surface area contributed by atoms with E-state index in [1.807, 2.05) is 18.2 Å². The van der Waals surface area contributed by atoms with Gasteiger partial charge in [-0.2, -0.15) is 5.26 Å². The molecule has 0 saturated carbocycles. The molecule has 1 aromatic carbocycles. The van der Waals surface area contributed by atoms with Gasteiger partial charge < -0.3 is 20.6 Å². The number of benzene rings is 1. The molecule has 2 unspecified atom stereocenters. The second-order valence-corrected chi connectivity index (χ2v) is 10.6. The normalized spacial score (nSPS) is 23.7. The Kier molecular flexibility index (Phi) is 5.09. The fourth-order valence-corrected chi connectivity index (χ4v) is 5.94. The van der Waals surface area contributed by atoms with Crippen LogP contribution in [0.1, 0.15) is 49.6 Å². The first kappa shape index (κ1) is 22.1. The molecule has 8 nitrogen and oxygen atoms in total. The SMILES string of the molecule is CC1CN(c2ccc(C#N)c3nc(O)ccc23)CC2c3ccc(N4CCC(C)(N)CC4)nc3CN12. The Labute approximate surface area is 205 Å². The third-order valence-corrected chi connectivity index (χ3v) is 8.04. The number of piperazine rings is 1. The van der Waals surface area contributed by atoms with Crippen LogP contribution in [0.3, 0.4) is 0 Å². The van der Waals surface area contributed by atoms with E-state index >= 15 is 0 Å². The third kappa shape index (κ3) is 3.76. The highest BCUT2D eigenvalue weighted by Crippen LogP contribution is 2.41. The van der Waals surface area contributed by atoms with Gasteiger partial charge >= 0.3 is 0 Å². The number of anilines is 2. The summed E-state index contributed by atoms with van der Waals surface area (Å²) in [6, 6.07) is 14.5. The molecule has 180 valence electrons. The molecule has 3 aliphatic rings. The molecule has 0 aliphatic carbocycles. The van der Waals surface area contributed by atoms with Crippen LogP contribution >= 0.6 is 0 Å². The molecule has 2 atom stereocenters. The van der Waals surface area contributed by atoms with Crippen molar-refractivity contribution >= 4 is 22.4 Å². The van der Waals surface area contributed by atoms with Crippen molar-refractivity contribution < 1.29 is 5.11 Å². The molecule has 0 radical (unpaired) electrons. The first-order valence-electron chi connectivity index (χ1n) is 12.4. The molecule has 8 heteroatoms. The van der Waals surface area contributed by atoms with Gasteiger partial charge in [0.1, 0.15) is 11.9 Å². The summed E-state index contributed by atoms with van der Waals surface area (Å²) in [5, 5.41) is 20.3. The number of hydrogen-bond donors (Lipinski definition) is 2. The Bertz CT molecular complexity index is 1340. The number of fused-ring (bicyclic) bond motifs is 4. The van der Waals surface area contributed by atoms with Crippen LogP contribution in [0, 0.1) is 11.3 Å². The standard InChI is InChI=1S/C27H31N7O/c1-17-14-33(22-6-3-18(13-28)26-20(22)5-8-25(35)31-26)16-23-19-4-7-24(30-21(19)15-34(17)23)32-11-9-27(2,29)10-12-32/h3-8,17,23H,9-12,14-16,29H2,1-2H3,(H,31,35). The smallest absolute Gasteiger partial charge is 0.211 e. The van der Waals surface area contributed by atoms with Crippen LogP contribution in [0.5, 0.6) is 5.88 Å². The monoisotopic (exact) mass is 469 g/mol. The maximum atomic E-state index is 9.91. The van der Waals surface area contributed by atoms with Crippen molar-refractivity contribution in [3.05, 3.63) is 53.2 Å². The Morgan fingerprint density at radius 3 is 2.63 bits per heavy atom. The maximum Gasteiger partial charge on any atom is 0.211 e. The minimum absolute atomic E-state index is 0.0688. The van der Waals surface area contributed by atoms with Gasteiger partial charge in [-0.15, -0.1) is 0 Å². The minimum Gasteiger partial charge on any atom is -0.493 e. The van der Waals surface area contributed by atoms with E-state index in [1.165, 1.54) is 11.3 Å². The molecule has 2 saturated heterocycles. The number of rotatable bonds is 2. The summed E-state index contributed by atoms with van der Waals surface area (Å²) in [5.74, 6) is 0.994. The van der Waals surface area contributed by atoms with Crippen molar-refractivity contribution in [2.75, 3.05) is 36.0 Å². The topological polar surface area (TPSA) is 106 Å². The zero-order valence-electron chi connectivity index (χ0n) is 20.3. The van der Waals surface area contributed by atoms with Crippen LogP contribution in [-0.2, 0) is 6.54 Å². The van der Waals surface area contributed by atoms with Crippen LogP contribution in [-0.4, -0.2) is 57.7 Å². The number of nitrogens with two attached hydrogens (primary N) is 1. The van der Waals surface area contributed by atoms with Gasteiger partial charge in [-0.05, 0) is 56.5 Å². The molecule has 3 aliphatic heterocycles. The van der Waals surface area contributed by atoms with Gasteiger partial charge in [0.05, 0.1) is 22.8 Å². The molecule has 2 fully saturated rings. The molecule has 0 spiro atoms. The molecule has 3 aromatic rings. The molecular formula is C27H31N7O. The average molecular weight is 470 g/mol. The number of nitriles is 1. The van der Waals surface area contributed by atoms with Gasteiger partial charge in [0.25, 0.3) is 0 Å². The highest BCUT2D eigenvalue weighted by atomic mass is 16.3. The van der Waals surface area contributed by atoms with Crippen LogP contribution in [0.4, 0.5) is 11.5 Å². The lowest BCUT2D eigenvalue weighted by molar-refractivity contribution is 0.133.